The van der Waals surface area contributed by atoms with Gasteiger partial charge in [-0.3, -0.25) is 0 Å². The number of hydrogen-bond donors (Lipinski definition) is 1. The van der Waals surface area contributed by atoms with Crippen molar-refractivity contribution in [2.75, 3.05) is 6.54 Å². The van der Waals surface area contributed by atoms with Gasteiger partial charge in [0.2, 0.25) is 0 Å². The molecule has 2 rings (SSSR count). The van der Waals surface area contributed by atoms with Crippen LogP contribution in [0.15, 0.2) is 29.0 Å². The van der Waals surface area contributed by atoms with Crippen LogP contribution in [0.2, 0.25) is 0 Å². The minimum absolute atomic E-state index is 0.132. The number of benzene rings is 1. The molecule has 1 aromatic heterocycles. The average molecular weight is 358 g/mol. The standard InChI is InChI=1S/C15H18BrF2N3/c1-3-19-12(9-13-20-7-8-21(13)4-2)10-5-6-11(17)15(18)14(10)16/h5-8,12,19H,3-4,9H2,1-2H3. The zero-order chi connectivity index (χ0) is 15.4. The Morgan fingerprint density at radius 2 is 2.10 bits per heavy atom. The van der Waals surface area contributed by atoms with Crippen LogP contribution < -0.4 is 5.32 Å². The summed E-state index contributed by atoms with van der Waals surface area (Å²) in [6.07, 6.45) is 4.28. The first-order valence-electron chi connectivity index (χ1n) is 6.95. The van der Waals surface area contributed by atoms with E-state index >= 15 is 0 Å². The van der Waals surface area contributed by atoms with E-state index < -0.39 is 11.6 Å². The highest BCUT2D eigenvalue weighted by molar-refractivity contribution is 9.10. The van der Waals surface area contributed by atoms with E-state index in [0.717, 1.165) is 25.0 Å². The highest BCUT2D eigenvalue weighted by atomic mass is 79.9. The molecule has 0 aliphatic heterocycles. The number of nitrogens with one attached hydrogen (secondary N) is 1. The van der Waals surface area contributed by atoms with Gasteiger partial charge in [-0.05, 0) is 41.0 Å². The molecule has 0 amide bonds. The first kappa shape index (κ1) is 16.1. The quantitative estimate of drug-likeness (QED) is 0.796. The number of imidazole rings is 1. The van der Waals surface area contributed by atoms with Crippen LogP contribution in [0.25, 0.3) is 0 Å². The molecule has 2 aromatic rings. The molecule has 0 aliphatic rings. The van der Waals surface area contributed by atoms with Crippen molar-refractivity contribution in [3.63, 3.8) is 0 Å². The molecule has 6 heteroatoms. The Morgan fingerprint density at radius 1 is 1.33 bits per heavy atom. The third kappa shape index (κ3) is 3.49. The smallest absolute Gasteiger partial charge is 0.173 e. The molecule has 0 radical (unpaired) electrons. The zero-order valence-corrected chi connectivity index (χ0v) is 13.6. The molecular weight excluding hydrogens is 340 g/mol. The van der Waals surface area contributed by atoms with Crippen LogP contribution in [0.3, 0.4) is 0 Å². The second kappa shape index (κ2) is 7.13. The predicted molar refractivity (Wildman–Crippen MR) is 82.1 cm³/mol. The lowest BCUT2D eigenvalue weighted by Gasteiger charge is -2.20. The van der Waals surface area contributed by atoms with Crippen LogP contribution in [-0.2, 0) is 13.0 Å². The van der Waals surface area contributed by atoms with Crippen molar-refractivity contribution in [3.8, 4) is 0 Å². The van der Waals surface area contributed by atoms with E-state index in [9.17, 15) is 8.78 Å². The molecule has 0 bridgehead atoms. The summed E-state index contributed by atoms with van der Waals surface area (Å²) in [6.45, 7) is 5.57. The van der Waals surface area contributed by atoms with Crippen LogP contribution in [0.1, 0.15) is 31.3 Å². The van der Waals surface area contributed by atoms with E-state index in [4.69, 9.17) is 0 Å². The summed E-state index contributed by atoms with van der Waals surface area (Å²) < 4.78 is 29.2. The minimum Gasteiger partial charge on any atom is -0.335 e. The van der Waals surface area contributed by atoms with E-state index in [1.165, 1.54) is 0 Å². The molecule has 3 nitrogen and oxygen atoms in total. The molecule has 0 saturated carbocycles. The molecular formula is C15H18BrF2N3. The Kier molecular flexibility index (Phi) is 5.47. The molecule has 0 spiro atoms. The van der Waals surface area contributed by atoms with Crippen LogP contribution >= 0.6 is 15.9 Å². The van der Waals surface area contributed by atoms with Gasteiger partial charge in [0.1, 0.15) is 5.82 Å². The van der Waals surface area contributed by atoms with Gasteiger partial charge in [0.05, 0.1) is 4.47 Å². The van der Waals surface area contributed by atoms with Crippen molar-refractivity contribution < 1.29 is 8.78 Å². The molecule has 1 heterocycles. The summed E-state index contributed by atoms with van der Waals surface area (Å²) in [4.78, 5) is 4.34. The van der Waals surface area contributed by atoms with Crippen LogP contribution in [0.4, 0.5) is 8.78 Å². The van der Waals surface area contributed by atoms with Gasteiger partial charge in [0, 0.05) is 31.4 Å². The van der Waals surface area contributed by atoms with Crippen molar-refractivity contribution in [1.29, 1.82) is 0 Å². The van der Waals surface area contributed by atoms with Crippen molar-refractivity contribution >= 4 is 15.9 Å². The van der Waals surface area contributed by atoms with Gasteiger partial charge in [0.15, 0.2) is 11.6 Å². The van der Waals surface area contributed by atoms with Gasteiger partial charge < -0.3 is 9.88 Å². The number of rotatable bonds is 6. The Bertz CT molecular complexity index is 613. The molecule has 1 unspecified atom stereocenters. The number of aryl methyl sites for hydroxylation is 1. The maximum Gasteiger partial charge on any atom is 0.173 e. The van der Waals surface area contributed by atoms with Gasteiger partial charge in [-0.25, -0.2) is 13.8 Å². The van der Waals surface area contributed by atoms with E-state index in [2.05, 4.69) is 26.2 Å². The summed E-state index contributed by atoms with van der Waals surface area (Å²) in [6, 6.07) is 2.63. The lowest BCUT2D eigenvalue weighted by molar-refractivity contribution is 0.485. The number of aromatic nitrogens is 2. The fraction of sp³-hybridized carbons (Fsp3) is 0.400. The van der Waals surface area contributed by atoms with Gasteiger partial charge in [-0.2, -0.15) is 0 Å². The zero-order valence-electron chi connectivity index (χ0n) is 12.0. The van der Waals surface area contributed by atoms with Gasteiger partial charge in [-0.1, -0.05) is 13.0 Å². The van der Waals surface area contributed by atoms with Gasteiger partial charge in [-0.15, -0.1) is 0 Å². The maximum atomic E-state index is 13.7. The summed E-state index contributed by atoms with van der Waals surface area (Å²) in [5, 5.41) is 3.30. The topological polar surface area (TPSA) is 29.9 Å². The molecule has 114 valence electrons. The molecule has 1 N–H and O–H groups in total. The van der Waals surface area contributed by atoms with Crippen LogP contribution in [0, 0.1) is 11.6 Å². The summed E-state index contributed by atoms with van der Waals surface area (Å²) in [5.41, 5.74) is 0.696. The lowest BCUT2D eigenvalue weighted by atomic mass is 10.0. The minimum atomic E-state index is -0.853. The summed E-state index contributed by atoms with van der Waals surface area (Å²) in [5.74, 6) is -0.787. The third-order valence-electron chi connectivity index (χ3n) is 3.42. The van der Waals surface area contributed by atoms with Gasteiger partial charge >= 0.3 is 0 Å². The van der Waals surface area contributed by atoms with Gasteiger partial charge in [0.25, 0.3) is 0 Å². The summed E-state index contributed by atoms with van der Waals surface area (Å²) in [7, 11) is 0. The first-order valence-corrected chi connectivity index (χ1v) is 7.74. The van der Waals surface area contributed by atoms with Crippen molar-refractivity contribution in [2.45, 2.75) is 32.9 Å². The van der Waals surface area contributed by atoms with E-state index in [1.54, 1.807) is 12.3 Å². The molecule has 0 fully saturated rings. The second-order valence-electron chi connectivity index (χ2n) is 4.71. The average Bonchev–Trinajstić information content (AvgIpc) is 2.92. The third-order valence-corrected chi connectivity index (χ3v) is 4.23. The number of hydrogen-bond acceptors (Lipinski definition) is 2. The number of likely N-dealkylation sites (N-methyl/N-ethyl adjacent to an activating group) is 1. The number of halogens is 3. The normalized spacial score (nSPS) is 12.6. The Hall–Kier alpha value is -1.27. The molecule has 1 aromatic carbocycles. The van der Waals surface area contributed by atoms with E-state index in [0.29, 0.717) is 12.0 Å². The van der Waals surface area contributed by atoms with Crippen LogP contribution in [0.5, 0.6) is 0 Å². The van der Waals surface area contributed by atoms with E-state index in [1.807, 2.05) is 24.6 Å². The van der Waals surface area contributed by atoms with Crippen molar-refractivity contribution in [2.24, 2.45) is 0 Å². The van der Waals surface area contributed by atoms with E-state index in [-0.39, 0.29) is 10.5 Å². The fourth-order valence-corrected chi connectivity index (χ4v) is 2.95. The summed E-state index contributed by atoms with van der Waals surface area (Å²) >= 11 is 3.16. The van der Waals surface area contributed by atoms with Crippen molar-refractivity contribution in [1.82, 2.24) is 14.9 Å². The van der Waals surface area contributed by atoms with Crippen LogP contribution in [-0.4, -0.2) is 16.1 Å². The highest BCUT2D eigenvalue weighted by Crippen LogP contribution is 2.29. The first-order chi connectivity index (χ1) is 10.1. The second-order valence-corrected chi connectivity index (χ2v) is 5.50. The lowest BCUT2D eigenvalue weighted by Crippen LogP contribution is -2.25. The molecule has 1 atom stereocenters. The molecule has 0 saturated heterocycles. The fourth-order valence-electron chi connectivity index (χ4n) is 2.35. The largest absolute Gasteiger partial charge is 0.335 e. The van der Waals surface area contributed by atoms with Crippen molar-refractivity contribution in [3.05, 3.63) is 52.0 Å². The predicted octanol–water partition coefficient (Wildman–Crippen LogP) is 3.84. The Labute approximate surface area is 131 Å². The SMILES string of the molecule is CCNC(Cc1nccn1CC)c1ccc(F)c(F)c1Br. The molecule has 21 heavy (non-hydrogen) atoms. The highest BCUT2D eigenvalue weighted by Gasteiger charge is 2.20. The number of nitrogens with zero attached hydrogens (tertiary/aromatic N) is 2. The Balaban J connectivity index is 2.33. The molecule has 0 aliphatic carbocycles. The maximum absolute atomic E-state index is 13.7. The Morgan fingerprint density at radius 3 is 2.76 bits per heavy atom. The monoisotopic (exact) mass is 357 g/mol.